The highest BCUT2D eigenvalue weighted by Crippen LogP contribution is 2.38. The van der Waals surface area contributed by atoms with Gasteiger partial charge in [-0.15, -0.1) is 0 Å². The molecule has 1 aliphatic rings. The molecular formula is C15H17ClF3N3O2S. The van der Waals surface area contributed by atoms with E-state index in [0.717, 1.165) is 4.68 Å². The molecule has 138 valence electrons. The summed E-state index contributed by atoms with van der Waals surface area (Å²) in [5, 5.41) is 3.72. The molecule has 0 spiro atoms. The van der Waals surface area contributed by atoms with Crippen LogP contribution in [0.1, 0.15) is 38.2 Å². The topological polar surface area (TPSA) is 64.0 Å². The molecule has 0 unspecified atom stereocenters. The van der Waals surface area contributed by atoms with Crippen LogP contribution in [0.5, 0.6) is 0 Å². The first-order chi connectivity index (χ1) is 11.5. The number of rotatable bonds is 5. The zero-order valence-corrected chi connectivity index (χ0v) is 15.1. The normalized spacial score (nSPS) is 16.0. The number of alkyl halides is 3. The fourth-order valence-electron chi connectivity index (χ4n) is 2.72. The molecule has 10 heteroatoms. The molecule has 0 radical (unpaired) electrons. The number of hydrogen-bond donors (Lipinski definition) is 1. The van der Waals surface area contributed by atoms with E-state index in [2.05, 4.69) is 9.82 Å². The van der Waals surface area contributed by atoms with Crippen molar-refractivity contribution in [3.63, 3.8) is 0 Å². The first-order valence-electron chi connectivity index (χ1n) is 7.77. The number of aromatic nitrogens is 2. The number of nitrogens with one attached hydrogen (secondary N) is 1. The molecule has 0 atom stereocenters. The average Bonchev–Trinajstić information content (AvgIpc) is 3.24. The molecule has 0 bridgehead atoms. The van der Waals surface area contributed by atoms with Gasteiger partial charge in [-0.25, -0.2) is 8.42 Å². The van der Waals surface area contributed by atoms with Gasteiger partial charge in [0.1, 0.15) is 6.54 Å². The monoisotopic (exact) mass is 395 g/mol. The number of sulfonamides is 1. The Kier molecular flexibility index (Phi) is 4.43. The summed E-state index contributed by atoms with van der Waals surface area (Å²) in [6.07, 6.45) is -3.44. The molecule has 0 amide bonds. The minimum Gasteiger partial charge on any atom is -0.265 e. The van der Waals surface area contributed by atoms with Crippen molar-refractivity contribution in [2.45, 2.75) is 50.6 Å². The second kappa shape index (κ2) is 6.05. The van der Waals surface area contributed by atoms with E-state index >= 15 is 0 Å². The summed E-state index contributed by atoms with van der Waals surface area (Å²) in [7, 11) is -3.68. The lowest BCUT2D eigenvalue weighted by molar-refractivity contribution is -0.141. The van der Waals surface area contributed by atoms with Crippen molar-refractivity contribution in [1.29, 1.82) is 0 Å². The lowest BCUT2D eigenvalue weighted by atomic mass is 10.0. The average molecular weight is 396 g/mol. The van der Waals surface area contributed by atoms with Gasteiger partial charge in [0, 0.05) is 0 Å². The van der Waals surface area contributed by atoms with Crippen LogP contribution >= 0.6 is 11.6 Å². The first kappa shape index (κ1) is 18.3. The Hall–Kier alpha value is -1.48. The molecule has 1 aromatic heterocycles. The van der Waals surface area contributed by atoms with Gasteiger partial charge in [0.25, 0.3) is 0 Å². The van der Waals surface area contributed by atoms with Crippen molar-refractivity contribution in [1.82, 2.24) is 9.78 Å². The van der Waals surface area contributed by atoms with Crippen LogP contribution in [0.15, 0.2) is 12.1 Å². The maximum atomic E-state index is 13.0. The molecule has 1 aromatic carbocycles. The van der Waals surface area contributed by atoms with E-state index in [1.165, 1.54) is 0 Å². The molecule has 1 aliphatic carbocycles. The number of fused-ring (bicyclic) bond motifs is 1. The number of nitrogens with zero attached hydrogens (tertiary/aromatic N) is 2. The van der Waals surface area contributed by atoms with Crippen LogP contribution < -0.4 is 4.72 Å². The molecule has 3 rings (SSSR count). The van der Waals surface area contributed by atoms with E-state index < -0.39 is 28.0 Å². The van der Waals surface area contributed by atoms with Gasteiger partial charge in [0.15, 0.2) is 5.82 Å². The van der Waals surface area contributed by atoms with Crippen molar-refractivity contribution in [2.24, 2.45) is 0 Å². The number of halogens is 4. The third kappa shape index (κ3) is 3.72. The smallest absolute Gasteiger partial charge is 0.265 e. The summed E-state index contributed by atoms with van der Waals surface area (Å²) in [6, 6.07) is 3.19. The fourth-order valence-corrected chi connectivity index (χ4v) is 4.30. The Morgan fingerprint density at radius 3 is 2.52 bits per heavy atom. The predicted octanol–water partition coefficient (Wildman–Crippen LogP) is 4.28. The molecule has 0 aliphatic heterocycles. The third-order valence-electron chi connectivity index (χ3n) is 4.03. The summed E-state index contributed by atoms with van der Waals surface area (Å²) in [4.78, 5) is 0. The zero-order chi connectivity index (χ0) is 18.6. The summed E-state index contributed by atoms with van der Waals surface area (Å²) in [5.74, 6) is -0.241. The van der Waals surface area contributed by atoms with Crippen molar-refractivity contribution >= 4 is 38.3 Å². The van der Waals surface area contributed by atoms with Crippen LogP contribution in [-0.2, 0) is 16.6 Å². The van der Waals surface area contributed by atoms with Crippen LogP contribution in [0.2, 0.25) is 5.02 Å². The van der Waals surface area contributed by atoms with E-state index in [9.17, 15) is 21.6 Å². The molecule has 5 nitrogen and oxygen atoms in total. The second-order valence-corrected chi connectivity index (χ2v) is 8.85. The Morgan fingerprint density at radius 1 is 1.36 bits per heavy atom. The summed E-state index contributed by atoms with van der Waals surface area (Å²) in [5.41, 5.74) is 0.821. The van der Waals surface area contributed by atoms with E-state index in [0.29, 0.717) is 18.4 Å². The molecule has 2 aromatic rings. The lowest BCUT2D eigenvalue weighted by Gasteiger charge is -2.12. The van der Waals surface area contributed by atoms with Crippen LogP contribution in [0.3, 0.4) is 0 Å². The highest BCUT2D eigenvalue weighted by atomic mass is 35.5. The van der Waals surface area contributed by atoms with Gasteiger partial charge in [-0.2, -0.15) is 18.3 Å². The fraction of sp³-hybridized carbons (Fsp3) is 0.533. The maximum absolute atomic E-state index is 13.0. The molecule has 1 N–H and O–H groups in total. The Balaban J connectivity index is 2.21. The largest absolute Gasteiger partial charge is 0.408 e. The van der Waals surface area contributed by atoms with Gasteiger partial charge in [0.2, 0.25) is 10.0 Å². The summed E-state index contributed by atoms with van der Waals surface area (Å²) >= 11 is 6.18. The minimum atomic E-state index is -4.50. The maximum Gasteiger partial charge on any atom is 0.408 e. The Bertz CT molecular complexity index is 918. The molecule has 1 heterocycles. The third-order valence-corrected chi connectivity index (χ3v) is 6.17. The molecule has 1 fully saturated rings. The quantitative estimate of drug-likeness (QED) is 0.821. The highest BCUT2D eigenvalue weighted by molar-refractivity contribution is 7.93. The van der Waals surface area contributed by atoms with E-state index in [1.807, 2.05) is 13.8 Å². The van der Waals surface area contributed by atoms with Gasteiger partial charge in [-0.3, -0.25) is 9.40 Å². The van der Waals surface area contributed by atoms with Crippen LogP contribution in [0, 0.1) is 0 Å². The Morgan fingerprint density at radius 2 is 2.00 bits per heavy atom. The van der Waals surface area contributed by atoms with Gasteiger partial charge >= 0.3 is 6.18 Å². The second-order valence-electron chi connectivity index (χ2n) is 6.48. The number of benzene rings is 1. The van der Waals surface area contributed by atoms with Crippen LogP contribution in [0.4, 0.5) is 19.0 Å². The van der Waals surface area contributed by atoms with E-state index in [4.69, 9.17) is 11.6 Å². The summed E-state index contributed by atoms with van der Waals surface area (Å²) < 4.78 is 66.4. The van der Waals surface area contributed by atoms with E-state index in [-0.39, 0.29) is 27.7 Å². The molecular weight excluding hydrogens is 379 g/mol. The van der Waals surface area contributed by atoms with E-state index in [1.54, 1.807) is 12.1 Å². The van der Waals surface area contributed by atoms with Crippen LogP contribution in [-0.4, -0.2) is 29.6 Å². The molecule has 1 saturated carbocycles. The Labute approximate surface area is 148 Å². The lowest BCUT2D eigenvalue weighted by Crippen LogP contribution is -2.20. The van der Waals surface area contributed by atoms with Crippen molar-refractivity contribution in [2.75, 3.05) is 4.72 Å². The first-order valence-corrected chi connectivity index (χ1v) is 9.69. The van der Waals surface area contributed by atoms with Crippen LogP contribution in [0.25, 0.3) is 10.9 Å². The zero-order valence-electron chi connectivity index (χ0n) is 13.6. The highest BCUT2D eigenvalue weighted by Gasteiger charge is 2.37. The summed E-state index contributed by atoms with van der Waals surface area (Å²) in [6.45, 7) is 2.35. The van der Waals surface area contributed by atoms with Gasteiger partial charge in [-0.05, 0) is 30.4 Å². The molecule has 25 heavy (non-hydrogen) atoms. The predicted molar refractivity (Wildman–Crippen MR) is 90.5 cm³/mol. The van der Waals surface area contributed by atoms with Crippen molar-refractivity contribution < 1.29 is 21.6 Å². The van der Waals surface area contributed by atoms with Gasteiger partial charge < -0.3 is 0 Å². The van der Waals surface area contributed by atoms with Crippen molar-refractivity contribution in [3.05, 3.63) is 22.7 Å². The minimum absolute atomic E-state index is 0.0867. The van der Waals surface area contributed by atoms with Gasteiger partial charge in [0.05, 0.1) is 21.2 Å². The number of hydrogen-bond acceptors (Lipinski definition) is 3. The standard InChI is InChI=1S/C15H17ClF3N3O2S/c1-8(2)10-5-6-11(16)12-13(10)22(7-15(17,18)19)20-14(12)21-25(23,24)9-3-4-9/h5-6,8-9H,3-4,7H2,1-2H3,(H,20,21). The SMILES string of the molecule is CC(C)c1ccc(Cl)c2c(NS(=O)(=O)C3CC3)nn(CC(F)(F)F)c12. The van der Waals surface area contributed by atoms with Gasteiger partial charge in [-0.1, -0.05) is 31.5 Å². The van der Waals surface area contributed by atoms with Crippen molar-refractivity contribution in [3.8, 4) is 0 Å². The molecule has 0 saturated heterocycles. The number of anilines is 1.